The molecule has 2 nitrogen and oxygen atoms in total. The van der Waals surface area contributed by atoms with E-state index in [1.54, 1.807) is 25.1 Å². The Morgan fingerprint density at radius 1 is 1.10 bits per heavy atom. The van der Waals surface area contributed by atoms with Crippen LogP contribution in [0, 0.1) is 11.2 Å². The van der Waals surface area contributed by atoms with Crippen LogP contribution in [0.5, 0.6) is 0 Å². The minimum atomic E-state index is -0.223. The van der Waals surface area contributed by atoms with Crippen LogP contribution in [-0.4, -0.2) is 5.71 Å². The molecule has 0 aromatic heterocycles. The van der Waals surface area contributed by atoms with Gasteiger partial charge in [-0.15, -0.1) is 0 Å². The van der Waals surface area contributed by atoms with Gasteiger partial charge in [-0.25, -0.2) is 4.39 Å². The van der Waals surface area contributed by atoms with Crippen molar-refractivity contribution in [3.8, 4) is 0 Å². The van der Waals surface area contributed by atoms with Crippen molar-refractivity contribution < 1.29 is 4.39 Å². The van der Waals surface area contributed by atoms with Crippen molar-refractivity contribution in [2.75, 3.05) is 0 Å². The Labute approximate surface area is 118 Å². The molecule has 0 saturated carbocycles. The van der Waals surface area contributed by atoms with Gasteiger partial charge in [0, 0.05) is 23.5 Å². The minimum Gasteiger partial charge on any atom is -0.380 e. The topological polar surface area (TPSA) is 35.9 Å². The van der Waals surface area contributed by atoms with Crippen molar-refractivity contribution in [3.05, 3.63) is 77.6 Å². The highest BCUT2D eigenvalue weighted by molar-refractivity contribution is 5.96. The summed E-state index contributed by atoms with van der Waals surface area (Å²) in [7, 11) is 0. The third kappa shape index (κ3) is 3.79. The van der Waals surface area contributed by atoms with E-state index in [4.69, 9.17) is 5.41 Å². The number of hydrogen-bond donors (Lipinski definition) is 2. The van der Waals surface area contributed by atoms with Crippen molar-refractivity contribution in [2.45, 2.75) is 13.5 Å². The smallest absolute Gasteiger partial charge is 0.128 e. The van der Waals surface area contributed by atoms with Crippen LogP contribution in [0.1, 0.15) is 18.1 Å². The predicted octanol–water partition coefficient (Wildman–Crippen LogP) is 4.00. The highest BCUT2D eigenvalue weighted by atomic mass is 19.1. The molecule has 0 atom stereocenters. The summed E-state index contributed by atoms with van der Waals surface area (Å²) in [6.45, 7) is 2.11. The van der Waals surface area contributed by atoms with Crippen molar-refractivity contribution in [3.63, 3.8) is 0 Å². The Balaban J connectivity index is 2.18. The summed E-state index contributed by atoms with van der Waals surface area (Å²) >= 11 is 0. The summed E-state index contributed by atoms with van der Waals surface area (Å²) in [5, 5.41) is 10.8. The zero-order valence-electron chi connectivity index (χ0n) is 11.4. The number of hydrogen-bond acceptors (Lipinski definition) is 2. The summed E-state index contributed by atoms with van der Waals surface area (Å²) in [6, 6.07) is 16.4. The Bertz CT molecular complexity index is 618. The molecule has 0 aliphatic heterocycles. The first-order valence-electron chi connectivity index (χ1n) is 6.46. The molecule has 2 aromatic rings. The second-order valence-electron chi connectivity index (χ2n) is 4.55. The molecule has 0 spiro atoms. The first-order chi connectivity index (χ1) is 9.66. The van der Waals surface area contributed by atoms with Crippen LogP contribution in [0.4, 0.5) is 4.39 Å². The van der Waals surface area contributed by atoms with Crippen LogP contribution in [0.3, 0.4) is 0 Å². The molecule has 0 radical (unpaired) electrons. The van der Waals surface area contributed by atoms with Gasteiger partial charge in [0.05, 0.1) is 0 Å². The molecule has 2 rings (SSSR count). The highest BCUT2D eigenvalue weighted by Gasteiger charge is 2.04. The first-order valence-corrected chi connectivity index (χ1v) is 6.46. The van der Waals surface area contributed by atoms with Crippen LogP contribution in [0.2, 0.25) is 0 Å². The maximum atomic E-state index is 13.6. The lowest BCUT2D eigenvalue weighted by Crippen LogP contribution is -2.13. The molecule has 3 heteroatoms. The second-order valence-corrected chi connectivity index (χ2v) is 4.55. The number of allylic oxidation sites excluding steroid dienone is 1. The average molecular weight is 268 g/mol. The average Bonchev–Trinajstić information content (AvgIpc) is 2.45. The van der Waals surface area contributed by atoms with Gasteiger partial charge < -0.3 is 10.7 Å². The quantitative estimate of drug-likeness (QED) is 0.790. The van der Waals surface area contributed by atoms with E-state index in [9.17, 15) is 4.39 Å². The molecule has 0 aliphatic carbocycles. The SMILES string of the molecule is CC(=N)/C=C(\NCc1ccccc1F)c1ccccc1. The molecule has 0 unspecified atom stereocenters. The van der Waals surface area contributed by atoms with E-state index < -0.39 is 0 Å². The number of nitrogens with one attached hydrogen (secondary N) is 2. The monoisotopic (exact) mass is 268 g/mol. The van der Waals surface area contributed by atoms with Crippen molar-refractivity contribution >= 4 is 11.4 Å². The van der Waals surface area contributed by atoms with E-state index in [1.807, 2.05) is 36.4 Å². The molecule has 0 amide bonds. The van der Waals surface area contributed by atoms with E-state index in [1.165, 1.54) is 6.07 Å². The van der Waals surface area contributed by atoms with Crippen molar-refractivity contribution in [1.29, 1.82) is 5.41 Å². The van der Waals surface area contributed by atoms with E-state index >= 15 is 0 Å². The van der Waals surface area contributed by atoms with Gasteiger partial charge in [0.1, 0.15) is 5.82 Å². The van der Waals surface area contributed by atoms with Gasteiger partial charge >= 0.3 is 0 Å². The van der Waals surface area contributed by atoms with Gasteiger partial charge in [0.25, 0.3) is 0 Å². The fourth-order valence-electron chi connectivity index (χ4n) is 1.90. The normalized spacial score (nSPS) is 11.2. The maximum absolute atomic E-state index is 13.6. The lowest BCUT2D eigenvalue weighted by atomic mass is 10.1. The molecule has 0 bridgehead atoms. The zero-order chi connectivity index (χ0) is 14.4. The summed E-state index contributed by atoms with van der Waals surface area (Å²) in [5.74, 6) is -0.223. The molecule has 102 valence electrons. The van der Waals surface area contributed by atoms with Gasteiger partial charge in [0.2, 0.25) is 0 Å². The molecule has 2 N–H and O–H groups in total. The maximum Gasteiger partial charge on any atom is 0.128 e. The van der Waals surface area contributed by atoms with Gasteiger partial charge in [-0.05, 0) is 24.6 Å². The van der Waals surface area contributed by atoms with Crippen molar-refractivity contribution in [2.24, 2.45) is 0 Å². The Morgan fingerprint density at radius 2 is 1.75 bits per heavy atom. The number of rotatable bonds is 5. The predicted molar refractivity (Wildman–Crippen MR) is 81.1 cm³/mol. The summed E-state index contributed by atoms with van der Waals surface area (Å²) in [5.41, 5.74) is 2.86. The molecular formula is C17H17FN2. The van der Waals surface area contributed by atoms with Crippen molar-refractivity contribution in [1.82, 2.24) is 5.32 Å². The van der Waals surface area contributed by atoms with E-state index in [0.717, 1.165) is 11.3 Å². The Morgan fingerprint density at radius 3 is 2.40 bits per heavy atom. The number of benzene rings is 2. The third-order valence-corrected chi connectivity index (χ3v) is 2.87. The highest BCUT2D eigenvalue weighted by Crippen LogP contribution is 2.13. The molecule has 0 saturated heterocycles. The summed E-state index contributed by atoms with van der Waals surface area (Å²) < 4.78 is 13.6. The Kier molecular flexibility index (Phi) is 4.66. The van der Waals surface area contributed by atoms with Crippen LogP contribution in [-0.2, 0) is 6.54 Å². The van der Waals surface area contributed by atoms with E-state index in [-0.39, 0.29) is 5.82 Å². The zero-order valence-corrected chi connectivity index (χ0v) is 11.4. The first kappa shape index (κ1) is 14.0. The Hall–Kier alpha value is -2.42. The molecular weight excluding hydrogens is 251 g/mol. The molecule has 0 fully saturated rings. The molecule has 2 aromatic carbocycles. The van der Waals surface area contributed by atoms with E-state index in [0.29, 0.717) is 17.8 Å². The molecule has 0 heterocycles. The molecule has 0 aliphatic rings. The van der Waals surface area contributed by atoms with Crippen LogP contribution in [0.15, 0.2) is 60.7 Å². The summed E-state index contributed by atoms with van der Waals surface area (Å²) in [6.07, 6.45) is 1.75. The summed E-state index contributed by atoms with van der Waals surface area (Å²) in [4.78, 5) is 0. The van der Waals surface area contributed by atoms with Crippen LogP contribution in [0.25, 0.3) is 5.70 Å². The third-order valence-electron chi connectivity index (χ3n) is 2.87. The van der Waals surface area contributed by atoms with Gasteiger partial charge in [-0.3, -0.25) is 0 Å². The van der Waals surface area contributed by atoms with Crippen LogP contribution >= 0.6 is 0 Å². The fraction of sp³-hybridized carbons (Fsp3) is 0.118. The minimum absolute atomic E-state index is 0.223. The molecule has 20 heavy (non-hydrogen) atoms. The number of halogens is 1. The van der Waals surface area contributed by atoms with Gasteiger partial charge in [0.15, 0.2) is 0 Å². The van der Waals surface area contributed by atoms with Gasteiger partial charge in [-0.2, -0.15) is 0 Å². The van der Waals surface area contributed by atoms with Crippen LogP contribution < -0.4 is 5.32 Å². The largest absolute Gasteiger partial charge is 0.380 e. The van der Waals surface area contributed by atoms with E-state index in [2.05, 4.69) is 5.32 Å². The van der Waals surface area contributed by atoms with Gasteiger partial charge in [-0.1, -0.05) is 48.5 Å². The second kappa shape index (κ2) is 6.66. The standard InChI is InChI=1S/C17H17FN2/c1-13(19)11-17(14-7-3-2-4-8-14)20-12-15-9-5-6-10-16(15)18/h2-11,19-20H,12H2,1H3/b17-11-,19-13?. The fourth-order valence-corrected chi connectivity index (χ4v) is 1.90. The lowest BCUT2D eigenvalue weighted by molar-refractivity contribution is 0.605. The lowest BCUT2D eigenvalue weighted by Gasteiger charge is -2.12.